The minimum absolute atomic E-state index is 0.0988. The van der Waals surface area contributed by atoms with Crippen LogP contribution in [-0.2, 0) is 11.3 Å². The molecule has 0 bridgehead atoms. The Kier molecular flexibility index (Phi) is 5.02. The molecule has 128 valence electrons. The highest BCUT2D eigenvalue weighted by Crippen LogP contribution is 2.19. The molecule has 0 atom stereocenters. The van der Waals surface area contributed by atoms with E-state index in [-0.39, 0.29) is 17.2 Å². The number of carbonyl (C=O) groups excluding carboxylic acids is 2. The number of carbonyl (C=O) groups is 2. The minimum Gasteiger partial charge on any atom is -0.273 e. The summed E-state index contributed by atoms with van der Waals surface area (Å²) in [6, 6.07) is 6.78. The summed E-state index contributed by atoms with van der Waals surface area (Å²) < 4.78 is 1.23. The van der Waals surface area contributed by atoms with Gasteiger partial charge in [-0.1, -0.05) is 39.0 Å². The standard InChI is InChI=1S/C17H22N4O3/c1-5-17(3,4)16(24)19-18-14(22)13-11-9-7-8-10-12(11)15(23)21(6-2)20-13/h7-10H,5-6H2,1-4H3,(H,18,22)(H,19,24). The molecule has 0 saturated carbocycles. The maximum Gasteiger partial charge on any atom is 0.290 e. The van der Waals surface area contributed by atoms with Crippen molar-refractivity contribution in [3.8, 4) is 0 Å². The largest absolute Gasteiger partial charge is 0.290 e. The van der Waals surface area contributed by atoms with Gasteiger partial charge in [0.15, 0.2) is 5.69 Å². The van der Waals surface area contributed by atoms with Gasteiger partial charge in [0, 0.05) is 17.3 Å². The Labute approximate surface area is 140 Å². The van der Waals surface area contributed by atoms with Crippen molar-refractivity contribution in [2.75, 3.05) is 0 Å². The van der Waals surface area contributed by atoms with Crippen molar-refractivity contribution in [2.24, 2.45) is 5.41 Å². The quantitative estimate of drug-likeness (QED) is 0.833. The first-order valence-corrected chi connectivity index (χ1v) is 7.92. The van der Waals surface area contributed by atoms with Crippen LogP contribution in [0.15, 0.2) is 29.1 Å². The highest BCUT2D eigenvalue weighted by molar-refractivity contribution is 6.05. The zero-order valence-corrected chi connectivity index (χ0v) is 14.3. The molecule has 0 fully saturated rings. The van der Waals surface area contributed by atoms with E-state index in [0.29, 0.717) is 23.7 Å². The van der Waals surface area contributed by atoms with E-state index < -0.39 is 11.3 Å². The second-order valence-electron chi connectivity index (χ2n) is 6.16. The van der Waals surface area contributed by atoms with Crippen LogP contribution < -0.4 is 16.4 Å². The Hall–Kier alpha value is -2.70. The second kappa shape index (κ2) is 6.82. The van der Waals surface area contributed by atoms with Crippen molar-refractivity contribution in [3.05, 3.63) is 40.3 Å². The summed E-state index contributed by atoms with van der Waals surface area (Å²) in [5, 5.41) is 4.99. The number of hydrogen-bond acceptors (Lipinski definition) is 4. The third kappa shape index (κ3) is 3.29. The zero-order chi connectivity index (χ0) is 17.9. The molecular weight excluding hydrogens is 308 g/mol. The van der Waals surface area contributed by atoms with Crippen LogP contribution in [0.25, 0.3) is 10.8 Å². The number of amides is 2. The fraction of sp³-hybridized carbons (Fsp3) is 0.412. The molecule has 24 heavy (non-hydrogen) atoms. The molecule has 7 heteroatoms. The van der Waals surface area contributed by atoms with E-state index in [2.05, 4.69) is 16.0 Å². The molecule has 1 aromatic carbocycles. The van der Waals surface area contributed by atoms with Crippen LogP contribution in [0.4, 0.5) is 0 Å². The summed E-state index contributed by atoms with van der Waals surface area (Å²) in [5.41, 5.74) is 4.07. The highest BCUT2D eigenvalue weighted by atomic mass is 16.2. The molecule has 2 amide bonds. The van der Waals surface area contributed by atoms with E-state index in [1.54, 1.807) is 45.0 Å². The van der Waals surface area contributed by atoms with Gasteiger partial charge in [-0.15, -0.1) is 0 Å². The van der Waals surface area contributed by atoms with E-state index in [0.717, 1.165) is 0 Å². The van der Waals surface area contributed by atoms with Gasteiger partial charge in [-0.3, -0.25) is 25.2 Å². The highest BCUT2D eigenvalue weighted by Gasteiger charge is 2.26. The number of benzene rings is 1. The Bertz CT molecular complexity index is 839. The average Bonchev–Trinajstić information content (AvgIpc) is 2.59. The van der Waals surface area contributed by atoms with Gasteiger partial charge < -0.3 is 0 Å². The molecule has 0 spiro atoms. The van der Waals surface area contributed by atoms with Crippen LogP contribution in [-0.4, -0.2) is 21.6 Å². The summed E-state index contributed by atoms with van der Waals surface area (Å²) in [7, 11) is 0. The number of nitrogens with zero attached hydrogens (tertiary/aromatic N) is 2. The topological polar surface area (TPSA) is 93.1 Å². The monoisotopic (exact) mass is 330 g/mol. The van der Waals surface area contributed by atoms with Crippen LogP contribution in [0.3, 0.4) is 0 Å². The molecule has 7 nitrogen and oxygen atoms in total. The SMILES string of the molecule is CCn1nc(C(=O)NNC(=O)C(C)(C)CC)c2ccccc2c1=O. The summed E-state index contributed by atoms with van der Waals surface area (Å²) in [5.74, 6) is -0.847. The zero-order valence-electron chi connectivity index (χ0n) is 14.3. The van der Waals surface area contributed by atoms with Crippen LogP contribution in [0.2, 0.25) is 0 Å². The van der Waals surface area contributed by atoms with Gasteiger partial charge in [0.05, 0.1) is 5.39 Å². The molecule has 0 unspecified atom stereocenters. The molecule has 0 aliphatic heterocycles. The molecule has 0 aliphatic rings. The normalized spacial score (nSPS) is 11.3. The van der Waals surface area contributed by atoms with E-state index in [1.165, 1.54) is 4.68 Å². The fourth-order valence-electron chi connectivity index (χ4n) is 2.12. The number of hydrogen-bond donors (Lipinski definition) is 2. The van der Waals surface area contributed by atoms with Gasteiger partial charge in [0.25, 0.3) is 11.5 Å². The van der Waals surface area contributed by atoms with Crippen molar-refractivity contribution in [1.82, 2.24) is 20.6 Å². The number of rotatable bonds is 4. The summed E-state index contributed by atoms with van der Waals surface area (Å²) in [4.78, 5) is 36.8. The summed E-state index contributed by atoms with van der Waals surface area (Å²) in [6.07, 6.45) is 0.636. The molecule has 0 radical (unpaired) electrons. The first-order chi connectivity index (χ1) is 11.3. The summed E-state index contributed by atoms with van der Waals surface area (Å²) >= 11 is 0. The number of aryl methyl sites for hydroxylation is 1. The molecule has 2 rings (SSSR count). The van der Waals surface area contributed by atoms with Crippen LogP contribution in [0, 0.1) is 5.41 Å². The van der Waals surface area contributed by atoms with Crippen LogP contribution in [0.5, 0.6) is 0 Å². The second-order valence-corrected chi connectivity index (χ2v) is 6.16. The number of nitrogens with one attached hydrogen (secondary N) is 2. The Morgan fingerprint density at radius 3 is 2.33 bits per heavy atom. The summed E-state index contributed by atoms with van der Waals surface area (Å²) in [6.45, 7) is 7.60. The van der Waals surface area contributed by atoms with Gasteiger partial charge in [-0.2, -0.15) is 5.10 Å². The lowest BCUT2D eigenvalue weighted by molar-refractivity contribution is -0.130. The maximum atomic E-state index is 12.5. The van der Waals surface area contributed by atoms with Crippen molar-refractivity contribution in [2.45, 2.75) is 40.7 Å². The first kappa shape index (κ1) is 17.7. The number of fused-ring (bicyclic) bond motifs is 1. The van der Waals surface area contributed by atoms with Crippen LogP contribution >= 0.6 is 0 Å². The van der Waals surface area contributed by atoms with Gasteiger partial charge >= 0.3 is 0 Å². The number of hydrazine groups is 1. The Morgan fingerprint density at radius 1 is 1.12 bits per heavy atom. The molecule has 2 aromatic rings. The Morgan fingerprint density at radius 2 is 1.75 bits per heavy atom. The van der Waals surface area contributed by atoms with E-state index in [1.807, 2.05) is 6.92 Å². The third-order valence-electron chi connectivity index (χ3n) is 4.17. The predicted octanol–water partition coefficient (Wildman–Crippen LogP) is 1.61. The van der Waals surface area contributed by atoms with E-state index in [4.69, 9.17) is 0 Å². The smallest absolute Gasteiger partial charge is 0.273 e. The van der Waals surface area contributed by atoms with Crippen molar-refractivity contribution in [1.29, 1.82) is 0 Å². The average molecular weight is 330 g/mol. The molecule has 1 aromatic heterocycles. The molecule has 0 aliphatic carbocycles. The molecule has 1 heterocycles. The van der Waals surface area contributed by atoms with E-state index >= 15 is 0 Å². The lowest BCUT2D eigenvalue weighted by Gasteiger charge is -2.21. The lowest BCUT2D eigenvalue weighted by Crippen LogP contribution is -2.47. The van der Waals surface area contributed by atoms with Crippen molar-refractivity contribution >= 4 is 22.6 Å². The third-order valence-corrected chi connectivity index (χ3v) is 4.17. The van der Waals surface area contributed by atoms with E-state index in [9.17, 15) is 14.4 Å². The van der Waals surface area contributed by atoms with Gasteiger partial charge in [0.2, 0.25) is 5.91 Å². The van der Waals surface area contributed by atoms with Gasteiger partial charge in [0.1, 0.15) is 0 Å². The van der Waals surface area contributed by atoms with Gasteiger partial charge in [-0.05, 0) is 19.4 Å². The lowest BCUT2D eigenvalue weighted by atomic mass is 9.90. The first-order valence-electron chi connectivity index (χ1n) is 7.92. The van der Waals surface area contributed by atoms with Gasteiger partial charge in [-0.25, -0.2) is 4.68 Å². The van der Waals surface area contributed by atoms with Crippen LogP contribution in [0.1, 0.15) is 44.6 Å². The molecule has 2 N–H and O–H groups in total. The maximum absolute atomic E-state index is 12.5. The predicted molar refractivity (Wildman–Crippen MR) is 91.4 cm³/mol. The minimum atomic E-state index is -0.592. The van der Waals surface area contributed by atoms with Crippen molar-refractivity contribution < 1.29 is 9.59 Å². The van der Waals surface area contributed by atoms with Crippen molar-refractivity contribution in [3.63, 3.8) is 0 Å². The fourth-order valence-corrected chi connectivity index (χ4v) is 2.12. The Balaban J connectivity index is 2.35. The molecule has 0 saturated heterocycles. The number of aromatic nitrogens is 2. The molecular formula is C17H22N4O3.